The van der Waals surface area contributed by atoms with Crippen LogP contribution in [0.3, 0.4) is 0 Å². The van der Waals surface area contributed by atoms with Gasteiger partial charge in [-0.3, -0.25) is 4.90 Å². The van der Waals surface area contributed by atoms with Crippen LogP contribution in [0.1, 0.15) is 19.8 Å². The molecular weight excluding hydrogens is 176 g/mol. The molecule has 0 atom stereocenters. The molecule has 3 heteroatoms. The third-order valence-corrected chi connectivity index (χ3v) is 1.88. The highest BCUT2D eigenvalue weighted by Gasteiger charge is 2.02. The molecular formula is C11H18N2O. The highest BCUT2D eigenvalue weighted by atomic mass is 16.5. The summed E-state index contributed by atoms with van der Waals surface area (Å²) in [5.41, 5.74) is 0. The molecule has 0 aliphatic heterocycles. The van der Waals surface area contributed by atoms with Crippen molar-refractivity contribution in [1.29, 1.82) is 5.26 Å². The summed E-state index contributed by atoms with van der Waals surface area (Å²) in [6, 6.07) is 2.15. The van der Waals surface area contributed by atoms with E-state index >= 15 is 0 Å². The summed E-state index contributed by atoms with van der Waals surface area (Å²) >= 11 is 0. The van der Waals surface area contributed by atoms with Gasteiger partial charge in [0.05, 0.1) is 12.7 Å². The highest BCUT2D eigenvalue weighted by Crippen LogP contribution is 1.93. The Morgan fingerprint density at radius 3 is 2.50 bits per heavy atom. The maximum atomic E-state index is 8.48. The van der Waals surface area contributed by atoms with Crippen molar-refractivity contribution in [3.8, 4) is 17.9 Å². The van der Waals surface area contributed by atoms with E-state index in [2.05, 4.69) is 22.8 Å². The molecule has 0 aliphatic rings. The molecule has 14 heavy (non-hydrogen) atoms. The van der Waals surface area contributed by atoms with Gasteiger partial charge in [0.15, 0.2) is 0 Å². The standard InChI is InChI=1S/C11H18N2O/c1-3-4-5-8-13(9-6-7-12)10-11-14-2/h5-6,8-11H2,1-2H3. The first-order valence-corrected chi connectivity index (χ1v) is 4.83. The molecule has 78 valence electrons. The van der Waals surface area contributed by atoms with Crippen molar-refractivity contribution in [2.45, 2.75) is 19.8 Å². The first kappa shape index (κ1) is 13.0. The minimum Gasteiger partial charge on any atom is -0.383 e. The fourth-order valence-electron chi connectivity index (χ4n) is 1.10. The topological polar surface area (TPSA) is 36.3 Å². The Hall–Kier alpha value is -1.03. The zero-order chi connectivity index (χ0) is 10.6. The van der Waals surface area contributed by atoms with Crippen LogP contribution in [0.15, 0.2) is 0 Å². The molecule has 0 radical (unpaired) electrons. The van der Waals surface area contributed by atoms with Gasteiger partial charge in [-0.15, -0.1) is 11.8 Å². The van der Waals surface area contributed by atoms with E-state index in [1.807, 2.05) is 6.92 Å². The average molecular weight is 194 g/mol. The number of ether oxygens (including phenoxy) is 1. The molecule has 0 unspecified atom stereocenters. The van der Waals surface area contributed by atoms with Crippen molar-refractivity contribution in [1.82, 2.24) is 4.90 Å². The van der Waals surface area contributed by atoms with Crippen LogP contribution in [-0.4, -0.2) is 38.3 Å². The van der Waals surface area contributed by atoms with Gasteiger partial charge in [0.25, 0.3) is 0 Å². The summed E-state index contributed by atoms with van der Waals surface area (Å²) in [7, 11) is 1.69. The van der Waals surface area contributed by atoms with Crippen molar-refractivity contribution in [3.63, 3.8) is 0 Å². The molecule has 0 aromatic heterocycles. The van der Waals surface area contributed by atoms with Gasteiger partial charge in [0, 0.05) is 39.6 Å². The number of hydrogen-bond acceptors (Lipinski definition) is 3. The molecule has 0 fully saturated rings. The molecule has 0 aliphatic carbocycles. The minimum atomic E-state index is 0.573. The van der Waals surface area contributed by atoms with Crippen LogP contribution in [0, 0.1) is 23.2 Å². The normalized spacial score (nSPS) is 9.29. The Morgan fingerprint density at radius 1 is 1.21 bits per heavy atom. The Labute approximate surface area is 86.7 Å². The second-order valence-electron chi connectivity index (χ2n) is 2.92. The smallest absolute Gasteiger partial charge is 0.0635 e. The number of nitriles is 1. The molecule has 0 aromatic rings. The van der Waals surface area contributed by atoms with Crippen molar-refractivity contribution >= 4 is 0 Å². The van der Waals surface area contributed by atoms with Crippen LogP contribution in [0.25, 0.3) is 0 Å². The van der Waals surface area contributed by atoms with Crippen molar-refractivity contribution in [3.05, 3.63) is 0 Å². The first-order chi connectivity index (χ1) is 6.85. The molecule has 0 saturated carbocycles. The predicted molar refractivity (Wildman–Crippen MR) is 56.6 cm³/mol. The van der Waals surface area contributed by atoms with Crippen LogP contribution in [0.2, 0.25) is 0 Å². The number of hydrogen-bond donors (Lipinski definition) is 0. The minimum absolute atomic E-state index is 0.573. The van der Waals surface area contributed by atoms with E-state index in [0.717, 1.165) is 26.1 Å². The molecule has 0 saturated heterocycles. The van der Waals surface area contributed by atoms with E-state index in [9.17, 15) is 0 Å². The molecule has 3 nitrogen and oxygen atoms in total. The number of rotatable bonds is 7. The molecule has 0 heterocycles. The summed E-state index contributed by atoms with van der Waals surface area (Å²) in [6.45, 7) is 5.17. The molecule has 0 N–H and O–H groups in total. The summed E-state index contributed by atoms with van der Waals surface area (Å²) in [5.74, 6) is 5.88. The van der Waals surface area contributed by atoms with E-state index in [1.54, 1.807) is 7.11 Å². The van der Waals surface area contributed by atoms with Gasteiger partial charge in [-0.1, -0.05) is 0 Å². The zero-order valence-corrected chi connectivity index (χ0v) is 9.05. The summed E-state index contributed by atoms with van der Waals surface area (Å²) in [4.78, 5) is 2.21. The molecule has 0 rings (SSSR count). The fraction of sp³-hybridized carbons (Fsp3) is 0.727. The molecule has 0 amide bonds. The third kappa shape index (κ3) is 7.61. The van der Waals surface area contributed by atoms with Crippen molar-refractivity contribution in [2.75, 3.05) is 33.4 Å². The fourth-order valence-corrected chi connectivity index (χ4v) is 1.10. The Morgan fingerprint density at radius 2 is 1.93 bits per heavy atom. The summed E-state index contributed by atoms with van der Waals surface area (Å²) < 4.78 is 5.00. The monoisotopic (exact) mass is 194 g/mol. The lowest BCUT2D eigenvalue weighted by atomic mass is 10.3. The molecule has 0 bridgehead atoms. The molecule has 0 spiro atoms. The van der Waals surface area contributed by atoms with Gasteiger partial charge < -0.3 is 4.74 Å². The van der Waals surface area contributed by atoms with Crippen LogP contribution < -0.4 is 0 Å². The summed E-state index contributed by atoms with van der Waals surface area (Å²) in [6.07, 6.45) is 1.44. The quantitative estimate of drug-likeness (QED) is 0.572. The third-order valence-electron chi connectivity index (χ3n) is 1.88. The lowest BCUT2D eigenvalue weighted by molar-refractivity contribution is 0.150. The zero-order valence-electron chi connectivity index (χ0n) is 9.05. The second kappa shape index (κ2) is 10.1. The van der Waals surface area contributed by atoms with E-state index in [0.29, 0.717) is 13.0 Å². The predicted octanol–water partition coefficient (Wildman–Crippen LogP) is 1.26. The van der Waals surface area contributed by atoms with Gasteiger partial charge in [0.1, 0.15) is 0 Å². The largest absolute Gasteiger partial charge is 0.383 e. The SMILES string of the molecule is CC#CCCN(CCC#N)CCOC. The van der Waals surface area contributed by atoms with Crippen LogP contribution in [0.4, 0.5) is 0 Å². The van der Waals surface area contributed by atoms with Gasteiger partial charge in [-0.2, -0.15) is 5.26 Å². The van der Waals surface area contributed by atoms with Gasteiger partial charge in [-0.05, 0) is 6.92 Å². The van der Waals surface area contributed by atoms with E-state index in [-0.39, 0.29) is 0 Å². The van der Waals surface area contributed by atoms with E-state index in [1.165, 1.54) is 0 Å². The number of nitrogens with zero attached hydrogens (tertiary/aromatic N) is 2. The van der Waals surface area contributed by atoms with Crippen LogP contribution >= 0.6 is 0 Å². The maximum Gasteiger partial charge on any atom is 0.0635 e. The Kier molecular flexibility index (Phi) is 9.31. The van der Waals surface area contributed by atoms with Gasteiger partial charge in [0.2, 0.25) is 0 Å². The second-order valence-corrected chi connectivity index (χ2v) is 2.92. The highest BCUT2D eigenvalue weighted by molar-refractivity contribution is 4.95. The lowest BCUT2D eigenvalue weighted by Crippen LogP contribution is -2.29. The van der Waals surface area contributed by atoms with Crippen molar-refractivity contribution in [2.24, 2.45) is 0 Å². The van der Waals surface area contributed by atoms with E-state index < -0.39 is 0 Å². The first-order valence-electron chi connectivity index (χ1n) is 4.83. The average Bonchev–Trinajstić information content (AvgIpc) is 2.21. The van der Waals surface area contributed by atoms with Crippen LogP contribution in [0.5, 0.6) is 0 Å². The van der Waals surface area contributed by atoms with E-state index in [4.69, 9.17) is 10.00 Å². The Bertz CT molecular complexity index is 222. The van der Waals surface area contributed by atoms with Gasteiger partial charge >= 0.3 is 0 Å². The molecule has 0 aromatic carbocycles. The maximum absolute atomic E-state index is 8.48. The number of methoxy groups -OCH3 is 1. The lowest BCUT2D eigenvalue weighted by Gasteiger charge is -2.19. The van der Waals surface area contributed by atoms with Gasteiger partial charge in [-0.25, -0.2) is 0 Å². The van der Waals surface area contributed by atoms with Crippen molar-refractivity contribution < 1.29 is 4.74 Å². The Balaban J connectivity index is 3.70. The van der Waals surface area contributed by atoms with Crippen LogP contribution in [-0.2, 0) is 4.74 Å². The summed E-state index contributed by atoms with van der Waals surface area (Å²) in [5, 5.41) is 8.48.